The van der Waals surface area contributed by atoms with Crippen molar-refractivity contribution in [2.24, 2.45) is 7.05 Å². The van der Waals surface area contributed by atoms with E-state index in [1.165, 1.54) is 0 Å². The number of anilines is 1. The highest BCUT2D eigenvalue weighted by Crippen LogP contribution is 2.25. The number of benzene rings is 1. The standard InChI is InChI=1S/C11H12BrClN4/c1-7-15-16-11(17(7)2)6-14-10-5-8(12)3-4-9(10)13/h3-5,14H,6H2,1-2H3. The largest absolute Gasteiger partial charge is 0.377 e. The van der Waals surface area contributed by atoms with Crippen molar-refractivity contribution in [3.8, 4) is 0 Å². The lowest BCUT2D eigenvalue weighted by atomic mass is 10.3. The summed E-state index contributed by atoms with van der Waals surface area (Å²) >= 11 is 9.49. The van der Waals surface area contributed by atoms with E-state index in [-0.39, 0.29) is 0 Å². The third-order valence-corrected chi connectivity index (χ3v) is 3.37. The molecule has 2 aromatic rings. The van der Waals surface area contributed by atoms with Crippen LogP contribution in [-0.2, 0) is 13.6 Å². The first kappa shape index (κ1) is 12.4. The van der Waals surface area contributed by atoms with Gasteiger partial charge in [0.1, 0.15) is 5.82 Å². The Balaban J connectivity index is 2.12. The molecule has 0 bridgehead atoms. The Morgan fingerprint density at radius 1 is 1.41 bits per heavy atom. The molecule has 0 aliphatic heterocycles. The third kappa shape index (κ3) is 2.79. The number of nitrogens with one attached hydrogen (secondary N) is 1. The Hall–Kier alpha value is -1.07. The van der Waals surface area contributed by atoms with Gasteiger partial charge in [0.25, 0.3) is 0 Å². The fraction of sp³-hybridized carbons (Fsp3) is 0.273. The normalized spacial score (nSPS) is 10.6. The minimum Gasteiger partial charge on any atom is -0.377 e. The number of rotatable bonds is 3. The summed E-state index contributed by atoms with van der Waals surface area (Å²) in [6.07, 6.45) is 0. The monoisotopic (exact) mass is 314 g/mol. The second-order valence-electron chi connectivity index (χ2n) is 3.70. The summed E-state index contributed by atoms with van der Waals surface area (Å²) in [4.78, 5) is 0. The first-order chi connectivity index (χ1) is 8.08. The number of aromatic nitrogens is 3. The van der Waals surface area contributed by atoms with Crippen LogP contribution in [0.2, 0.25) is 5.02 Å². The fourth-order valence-electron chi connectivity index (χ4n) is 1.41. The summed E-state index contributed by atoms with van der Waals surface area (Å²) in [5, 5.41) is 12.0. The molecule has 2 rings (SSSR count). The summed E-state index contributed by atoms with van der Waals surface area (Å²) in [5.41, 5.74) is 0.877. The van der Waals surface area contributed by atoms with Gasteiger partial charge in [-0.15, -0.1) is 10.2 Å². The van der Waals surface area contributed by atoms with E-state index in [0.717, 1.165) is 21.8 Å². The van der Waals surface area contributed by atoms with Crippen LogP contribution in [0.5, 0.6) is 0 Å². The Morgan fingerprint density at radius 2 is 2.18 bits per heavy atom. The predicted octanol–water partition coefficient (Wildman–Crippen LogP) is 3.15. The van der Waals surface area contributed by atoms with Crippen LogP contribution in [0.4, 0.5) is 5.69 Å². The number of aryl methyl sites for hydroxylation is 1. The van der Waals surface area contributed by atoms with Gasteiger partial charge in [-0.1, -0.05) is 27.5 Å². The highest BCUT2D eigenvalue weighted by atomic mass is 79.9. The summed E-state index contributed by atoms with van der Waals surface area (Å²) in [6.45, 7) is 2.51. The zero-order chi connectivity index (χ0) is 12.4. The van der Waals surface area contributed by atoms with Crippen molar-refractivity contribution in [2.75, 3.05) is 5.32 Å². The minimum absolute atomic E-state index is 0.591. The number of hydrogen-bond donors (Lipinski definition) is 1. The average Bonchev–Trinajstić information content (AvgIpc) is 2.62. The van der Waals surface area contributed by atoms with Gasteiger partial charge in [-0.05, 0) is 25.1 Å². The van der Waals surface area contributed by atoms with E-state index in [1.807, 2.05) is 36.7 Å². The van der Waals surface area contributed by atoms with Gasteiger partial charge in [0.2, 0.25) is 0 Å². The first-order valence-corrected chi connectivity index (χ1v) is 6.29. The molecule has 0 saturated heterocycles. The van der Waals surface area contributed by atoms with Crippen molar-refractivity contribution in [3.05, 3.63) is 39.3 Å². The average molecular weight is 316 g/mol. The maximum atomic E-state index is 6.08. The van der Waals surface area contributed by atoms with Crippen molar-refractivity contribution < 1.29 is 0 Å². The quantitative estimate of drug-likeness (QED) is 0.946. The van der Waals surface area contributed by atoms with Gasteiger partial charge >= 0.3 is 0 Å². The van der Waals surface area contributed by atoms with Gasteiger partial charge in [-0.2, -0.15) is 0 Å². The highest BCUT2D eigenvalue weighted by molar-refractivity contribution is 9.10. The highest BCUT2D eigenvalue weighted by Gasteiger charge is 2.06. The van der Waals surface area contributed by atoms with E-state index in [0.29, 0.717) is 11.6 Å². The lowest BCUT2D eigenvalue weighted by Gasteiger charge is -2.08. The maximum absolute atomic E-state index is 6.08. The molecule has 0 fully saturated rings. The molecule has 0 spiro atoms. The van der Waals surface area contributed by atoms with Crippen LogP contribution in [0.1, 0.15) is 11.6 Å². The Bertz CT molecular complexity index is 538. The fourth-order valence-corrected chi connectivity index (χ4v) is 1.96. The van der Waals surface area contributed by atoms with Gasteiger partial charge in [0.05, 0.1) is 17.3 Å². The van der Waals surface area contributed by atoms with E-state index in [9.17, 15) is 0 Å². The molecule has 1 aromatic heterocycles. The molecule has 1 heterocycles. The molecule has 0 aliphatic rings. The van der Waals surface area contributed by atoms with Gasteiger partial charge in [-0.25, -0.2) is 0 Å². The van der Waals surface area contributed by atoms with Crippen LogP contribution < -0.4 is 5.32 Å². The topological polar surface area (TPSA) is 42.7 Å². The summed E-state index contributed by atoms with van der Waals surface area (Å²) in [6, 6.07) is 5.68. The van der Waals surface area contributed by atoms with E-state index in [4.69, 9.17) is 11.6 Å². The lowest BCUT2D eigenvalue weighted by molar-refractivity contribution is 0.789. The van der Waals surface area contributed by atoms with E-state index in [1.54, 1.807) is 0 Å². The Labute approximate surface area is 113 Å². The summed E-state index contributed by atoms with van der Waals surface area (Å²) in [5.74, 6) is 1.76. The number of halogens is 2. The lowest BCUT2D eigenvalue weighted by Crippen LogP contribution is -2.07. The summed E-state index contributed by atoms with van der Waals surface area (Å²) < 4.78 is 2.93. The van der Waals surface area contributed by atoms with Crippen LogP contribution in [0.15, 0.2) is 22.7 Å². The molecule has 0 unspecified atom stereocenters. The molecule has 6 heteroatoms. The second kappa shape index (κ2) is 5.06. The molecule has 1 aromatic carbocycles. The van der Waals surface area contributed by atoms with Crippen LogP contribution in [0, 0.1) is 6.92 Å². The number of hydrogen-bond acceptors (Lipinski definition) is 3. The van der Waals surface area contributed by atoms with Gasteiger partial charge in [0.15, 0.2) is 5.82 Å². The van der Waals surface area contributed by atoms with E-state index >= 15 is 0 Å². The Kier molecular flexibility index (Phi) is 3.69. The van der Waals surface area contributed by atoms with Crippen molar-refractivity contribution >= 4 is 33.2 Å². The molecule has 0 atom stereocenters. The molecule has 0 radical (unpaired) electrons. The van der Waals surface area contributed by atoms with Crippen LogP contribution >= 0.6 is 27.5 Å². The first-order valence-electron chi connectivity index (χ1n) is 5.11. The van der Waals surface area contributed by atoms with Crippen molar-refractivity contribution in [3.63, 3.8) is 0 Å². The molecule has 0 amide bonds. The van der Waals surface area contributed by atoms with Crippen molar-refractivity contribution in [1.29, 1.82) is 0 Å². The van der Waals surface area contributed by atoms with Crippen molar-refractivity contribution in [1.82, 2.24) is 14.8 Å². The number of nitrogens with zero attached hydrogens (tertiary/aromatic N) is 3. The van der Waals surface area contributed by atoms with Crippen molar-refractivity contribution in [2.45, 2.75) is 13.5 Å². The zero-order valence-corrected chi connectivity index (χ0v) is 11.9. The molecule has 90 valence electrons. The molecule has 0 aliphatic carbocycles. The molecule has 4 nitrogen and oxygen atoms in total. The molecule has 17 heavy (non-hydrogen) atoms. The molecule has 0 saturated carbocycles. The van der Waals surface area contributed by atoms with Gasteiger partial charge in [-0.3, -0.25) is 0 Å². The second-order valence-corrected chi connectivity index (χ2v) is 5.02. The van der Waals surface area contributed by atoms with Gasteiger partial charge in [0, 0.05) is 11.5 Å². The maximum Gasteiger partial charge on any atom is 0.152 e. The van der Waals surface area contributed by atoms with Crippen LogP contribution in [0.25, 0.3) is 0 Å². The predicted molar refractivity (Wildman–Crippen MR) is 72.2 cm³/mol. The molecular weight excluding hydrogens is 304 g/mol. The van der Waals surface area contributed by atoms with Gasteiger partial charge < -0.3 is 9.88 Å². The van der Waals surface area contributed by atoms with Crippen LogP contribution in [0.3, 0.4) is 0 Å². The zero-order valence-electron chi connectivity index (χ0n) is 9.54. The molecule has 1 N–H and O–H groups in total. The smallest absolute Gasteiger partial charge is 0.152 e. The third-order valence-electron chi connectivity index (χ3n) is 2.55. The van der Waals surface area contributed by atoms with E-state index < -0.39 is 0 Å². The van der Waals surface area contributed by atoms with E-state index in [2.05, 4.69) is 31.4 Å². The SMILES string of the molecule is Cc1nnc(CNc2cc(Br)ccc2Cl)n1C. The van der Waals surface area contributed by atoms with Crippen LogP contribution in [-0.4, -0.2) is 14.8 Å². The summed E-state index contributed by atoms with van der Waals surface area (Å²) in [7, 11) is 1.94. The minimum atomic E-state index is 0.591. The molecular formula is C11H12BrClN4. The Morgan fingerprint density at radius 3 is 2.82 bits per heavy atom.